The fourth-order valence-electron chi connectivity index (χ4n) is 4.73. The number of aliphatic hydroxyl groups is 1. The van der Waals surface area contributed by atoms with E-state index < -0.39 is 55.9 Å². The van der Waals surface area contributed by atoms with Crippen molar-refractivity contribution in [3.05, 3.63) is 156 Å². The zero-order valence-corrected chi connectivity index (χ0v) is 23.7. The van der Waals surface area contributed by atoms with Crippen LogP contribution in [0.15, 0.2) is 134 Å². The van der Waals surface area contributed by atoms with Crippen LogP contribution in [0.4, 0.5) is 0 Å². The predicted molar refractivity (Wildman–Crippen MR) is 161 cm³/mol. The molecule has 3 unspecified atom stereocenters. The van der Waals surface area contributed by atoms with Crippen LogP contribution in [0.3, 0.4) is 0 Å². The van der Waals surface area contributed by atoms with Crippen LogP contribution in [0, 0.1) is 0 Å². The van der Waals surface area contributed by atoms with Gasteiger partial charge in [0.25, 0.3) is 0 Å². The van der Waals surface area contributed by atoms with Gasteiger partial charge in [-0.1, -0.05) is 127 Å². The van der Waals surface area contributed by atoms with Crippen molar-refractivity contribution >= 4 is 5.97 Å². The van der Waals surface area contributed by atoms with Crippen LogP contribution in [0.2, 0.25) is 0 Å². The number of carbonyl (C=O) groups is 1. The molecular formula is C36H36O7. The zero-order valence-electron chi connectivity index (χ0n) is 25.7. The van der Waals surface area contributed by atoms with Gasteiger partial charge in [-0.2, -0.15) is 0 Å². The van der Waals surface area contributed by atoms with Gasteiger partial charge in [0.2, 0.25) is 6.29 Å². The summed E-state index contributed by atoms with van der Waals surface area (Å²) in [6, 6.07) is 36.2. The van der Waals surface area contributed by atoms with Crippen molar-refractivity contribution in [2.24, 2.45) is 0 Å². The van der Waals surface area contributed by atoms with Crippen LogP contribution in [-0.4, -0.2) is 41.8 Å². The third-order valence-electron chi connectivity index (χ3n) is 6.86. The number of hydrogen-bond donors (Lipinski definition) is 1. The first kappa shape index (κ1) is 27.6. The van der Waals surface area contributed by atoms with E-state index >= 15 is 0 Å². The molecule has 43 heavy (non-hydrogen) atoms. The molecule has 1 aliphatic heterocycles. The van der Waals surface area contributed by atoms with E-state index in [-0.39, 0.29) is 0 Å². The molecule has 7 nitrogen and oxygen atoms in total. The quantitative estimate of drug-likeness (QED) is 0.159. The average molecular weight is 583 g/mol. The smallest absolute Gasteiger partial charge is 0.339 e. The minimum atomic E-state index is -1.64. The summed E-state index contributed by atoms with van der Waals surface area (Å²) in [5.41, 5.74) is 2.54. The molecule has 1 N–H and O–H groups in total. The van der Waals surface area contributed by atoms with Gasteiger partial charge in [-0.05, 0) is 29.2 Å². The first-order chi connectivity index (χ1) is 22.0. The van der Waals surface area contributed by atoms with E-state index in [9.17, 15) is 9.90 Å². The fraction of sp³-hybridized carbons (Fsp3) is 0.250. The number of carbonyl (C=O) groups excluding carboxylic acids is 1. The average Bonchev–Trinajstić information content (AvgIpc) is 3.09. The van der Waals surface area contributed by atoms with Crippen molar-refractivity contribution in [3.8, 4) is 0 Å². The lowest BCUT2D eigenvalue weighted by Crippen LogP contribution is -2.62. The molecule has 0 saturated carbocycles. The van der Waals surface area contributed by atoms with Crippen molar-refractivity contribution in [3.63, 3.8) is 0 Å². The highest BCUT2D eigenvalue weighted by atomic mass is 16.7. The van der Waals surface area contributed by atoms with E-state index in [1.807, 2.05) is 72.8 Å². The maximum atomic E-state index is 13.9. The van der Waals surface area contributed by atoms with Crippen LogP contribution >= 0.6 is 0 Å². The fourth-order valence-corrected chi connectivity index (χ4v) is 4.73. The number of allylic oxidation sites excluding steroid dienone is 1. The Balaban J connectivity index is 1.47. The Bertz CT molecular complexity index is 1450. The Kier molecular flexibility index (Phi) is 9.79. The second-order valence-electron chi connectivity index (χ2n) is 9.92. The summed E-state index contributed by atoms with van der Waals surface area (Å²) in [6.07, 6.45) is -4.82. The molecule has 0 aliphatic carbocycles. The third-order valence-corrected chi connectivity index (χ3v) is 6.86. The van der Waals surface area contributed by atoms with Gasteiger partial charge in [0.1, 0.15) is 18.3 Å². The highest BCUT2D eigenvalue weighted by Crippen LogP contribution is 2.32. The van der Waals surface area contributed by atoms with E-state index in [2.05, 4.69) is 0 Å². The Morgan fingerprint density at radius 2 is 1.26 bits per heavy atom. The van der Waals surface area contributed by atoms with Gasteiger partial charge < -0.3 is 28.8 Å². The van der Waals surface area contributed by atoms with Crippen molar-refractivity contribution in [2.75, 3.05) is 0 Å². The van der Waals surface area contributed by atoms with Crippen LogP contribution in [0.5, 0.6) is 0 Å². The minimum Gasteiger partial charge on any atom is -0.470 e. The van der Waals surface area contributed by atoms with Gasteiger partial charge >= 0.3 is 5.97 Å². The Labute approximate surface area is 255 Å². The van der Waals surface area contributed by atoms with Crippen molar-refractivity contribution in [1.82, 2.24) is 0 Å². The van der Waals surface area contributed by atoms with E-state index in [4.69, 9.17) is 26.4 Å². The second-order valence-corrected chi connectivity index (χ2v) is 9.92. The molecule has 5 rings (SSSR count). The Morgan fingerprint density at radius 1 is 0.791 bits per heavy atom. The molecule has 0 amide bonds. The van der Waals surface area contributed by atoms with Crippen LogP contribution < -0.4 is 0 Å². The zero-order chi connectivity index (χ0) is 31.6. The molecule has 0 bridgehead atoms. The number of hydrogen-bond acceptors (Lipinski definition) is 7. The van der Waals surface area contributed by atoms with Gasteiger partial charge in [-0.25, -0.2) is 4.79 Å². The number of benzene rings is 4. The number of rotatable bonds is 12. The lowest BCUT2D eigenvalue weighted by atomic mass is 9.97. The molecule has 7 atom stereocenters. The van der Waals surface area contributed by atoms with Gasteiger partial charge in [-0.15, -0.1) is 0 Å². The summed E-state index contributed by atoms with van der Waals surface area (Å²) in [5.74, 6) is -0.854. The highest BCUT2D eigenvalue weighted by Gasteiger charge is 2.51. The number of ether oxygens (including phenoxy) is 5. The van der Waals surface area contributed by atoms with Gasteiger partial charge in [0.05, 0.1) is 22.2 Å². The summed E-state index contributed by atoms with van der Waals surface area (Å²) in [7, 11) is 0. The molecule has 222 valence electrons. The molecule has 7 heteroatoms. The van der Waals surface area contributed by atoms with Crippen molar-refractivity contribution in [1.29, 1.82) is 0 Å². The molecule has 0 radical (unpaired) electrons. The topological polar surface area (TPSA) is 83.5 Å². The summed E-state index contributed by atoms with van der Waals surface area (Å²) in [6.45, 7) is -0.722. The maximum Gasteiger partial charge on any atom is 0.339 e. The van der Waals surface area contributed by atoms with E-state index in [0.717, 1.165) is 11.1 Å². The largest absolute Gasteiger partial charge is 0.470 e. The molecule has 0 spiro atoms. The predicted octanol–water partition coefficient (Wildman–Crippen LogP) is 6.13. The first-order valence-electron chi connectivity index (χ1n) is 15.3. The summed E-state index contributed by atoms with van der Waals surface area (Å²) < 4.78 is 47.6. The monoisotopic (exact) mass is 582 g/mol. The molecule has 1 saturated heterocycles. The second kappa shape index (κ2) is 15.3. The molecule has 1 aliphatic rings. The highest BCUT2D eigenvalue weighted by molar-refractivity contribution is 5.76. The molecule has 1 heterocycles. The van der Waals surface area contributed by atoms with Crippen LogP contribution in [0.25, 0.3) is 0 Å². The Hall–Kier alpha value is -4.27. The lowest BCUT2D eigenvalue weighted by molar-refractivity contribution is -0.303. The van der Waals surface area contributed by atoms with E-state index in [0.29, 0.717) is 11.1 Å². The lowest BCUT2D eigenvalue weighted by Gasteiger charge is -2.43. The summed E-state index contributed by atoms with van der Waals surface area (Å²) in [5, 5.41) is 11.7. The van der Waals surface area contributed by atoms with E-state index in [1.165, 1.54) is 6.26 Å². The van der Waals surface area contributed by atoms with Crippen LogP contribution in [0.1, 0.15) is 38.0 Å². The standard InChI is InChI=1S/C36H36O7/c1-2-23-39-36-34(41-25-27-17-9-4-10-18-27)32(40-24-26-15-7-3-8-16-26)30(37)33(43-36)35(38)42-31(28-19-11-5-12-20-28)29-21-13-6-14-22-29/h2-23,30-34,36-37H,24-25H2,1H3/t30-,32-,33-,34+,36?/m0/s1/i24D,25D/t24?,25?,30-,32-,33-,34+,36?. The number of aliphatic hydroxyl groups excluding tert-OH is 1. The molecule has 4 aromatic rings. The summed E-state index contributed by atoms with van der Waals surface area (Å²) >= 11 is 0. The summed E-state index contributed by atoms with van der Waals surface area (Å²) in [4.78, 5) is 13.9. The maximum absolute atomic E-state index is 13.9. The molecular weight excluding hydrogens is 544 g/mol. The van der Waals surface area contributed by atoms with Crippen LogP contribution in [-0.2, 0) is 41.6 Å². The minimum absolute atomic E-state index is 0.527. The molecule has 0 aromatic heterocycles. The number of esters is 1. The third kappa shape index (κ3) is 7.97. The molecule has 1 fully saturated rings. The van der Waals surface area contributed by atoms with Crippen molar-refractivity contribution < 1.29 is 36.3 Å². The van der Waals surface area contributed by atoms with Gasteiger partial charge in [0, 0.05) is 0 Å². The normalized spacial score (nSPS) is 24.1. The van der Waals surface area contributed by atoms with Gasteiger partial charge in [-0.3, -0.25) is 0 Å². The molecule has 4 aromatic carbocycles. The Morgan fingerprint density at radius 3 is 1.74 bits per heavy atom. The SMILES string of the molecule is [2H]C(O[C@H]1[C@H](O)[C@@H](C(=O)OC(c2ccccc2)c2ccccc2)OC(OC=CC)[C@@H]1OC([2H])c1ccccc1)c1ccccc1. The first-order valence-corrected chi connectivity index (χ1v) is 14.1. The van der Waals surface area contributed by atoms with Gasteiger partial charge in [0.15, 0.2) is 12.2 Å². The van der Waals surface area contributed by atoms with Crippen molar-refractivity contribution in [2.45, 2.75) is 56.9 Å². The van der Waals surface area contributed by atoms with E-state index in [1.54, 1.807) is 61.5 Å².